The van der Waals surface area contributed by atoms with E-state index in [1.54, 1.807) is 6.33 Å². The molecular weight excluding hydrogens is 228 g/mol. The molecule has 0 saturated carbocycles. The van der Waals surface area contributed by atoms with Gasteiger partial charge in [0.05, 0.1) is 6.61 Å². The van der Waals surface area contributed by atoms with Gasteiger partial charge in [0.2, 0.25) is 5.88 Å². The molecule has 0 aromatic carbocycles. The van der Waals surface area contributed by atoms with E-state index >= 15 is 0 Å². The highest BCUT2D eigenvalue weighted by Crippen LogP contribution is 2.15. The van der Waals surface area contributed by atoms with Crippen LogP contribution in [0.15, 0.2) is 12.4 Å². The lowest BCUT2D eigenvalue weighted by Crippen LogP contribution is -2.31. The van der Waals surface area contributed by atoms with Crippen molar-refractivity contribution >= 4 is 5.82 Å². The van der Waals surface area contributed by atoms with Crippen molar-refractivity contribution in [2.75, 3.05) is 31.6 Å². The Morgan fingerprint density at radius 3 is 3.00 bits per heavy atom. The van der Waals surface area contributed by atoms with Crippen LogP contribution in [0, 0.1) is 5.92 Å². The van der Waals surface area contributed by atoms with Crippen LogP contribution in [0.1, 0.15) is 26.2 Å². The fraction of sp³-hybridized carbons (Fsp3) is 0.692. The van der Waals surface area contributed by atoms with Gasteiger partial charge >= 0.3 is 0 Å². The number of piperidine rings is 1. The highest BCUT2D eigenvalue weighted by molar-refractivity contribution is 5.37. The van der Waals surface area contributed by atoms with E-state index in [4.69, 9.17) is 4.74 Å². The molecule has 5 nitrogen and oxygen atoms in total. The maximum absolute atomic E-state index is 5.49. The zero-order chi connectivity index (χ0) is 12.6. The van der Waals surface area contributed by atoms with E-state index in [1.165, 1.54) is 12.8 Å². The molecular formula is C13H22N4O. The van der Waals surface area contributed by atoms with Crippen LogP contribution in [0.4, 0.5) is 5.82 Å². The monoisotopic (exact) mass is 250 g/mol. The third kappa shape index (κ3) is 4.14. The molecule has 0 spiro atoms. The quantitative estimate of drug-likeness (QED) is 0.804. The first-order valence-corrected chi connectivity index (χ1v) is 6.78. The van der Waals surface area contributed by atoms with Gasteiger partial charge in [-0.25, -0.2) is 9.97 Å². The Bertz CT molecular complexity index is 353. The number of ether oxygens (including phenoxy) is 1. The summed E-state index contributed by atoms with van der Waals surface area (Å²) < 4.78 is 5.49. The fourth-order valence-electron chi connectivity index (χ4n) is 2.06. The van der Waals surface area contributed by atoms with Gasteiger partial charge in [0.1, 0.15) is 12.1 Å². The Morgan fingerprint density at radius 1 is 1.39 bits per heavy atom. The average Bonchev–Trinajstić information content (AvgIpc) is 2.44. The van der Waals surface area contributed by atoms with E-state index in [2.05, 4.69) is 27.5 Å². The fourth-order valence-corrected chi connectivity index (χ4v) is 2.06. The first kappa shape index (κ1) is 13.1. The van der Waals surface area contributed by atoms with Crippen molar-refractivity contribution in [3.63, 3.8) is 0 Å². The maximum atomic E-state index is 5.49. The number of hydrogen-bond donors (Lipinski definition) is 2. The van der Waals surface area contributed by atoms with Gasteiger partial charge in [-0.1, -0.05) is 6.92 Å². The number of rotatable bonds is 6. The van der Waals surface area contributed by atoms with Crippen molar-refractivity contribution in [3.05, 3.63) is 12.4 Å². The molecule has 0 atom stereocenters. The SMILES string of the molecule is CCCOc1cc(NCC2CCNCC2)ncn1. The van der Waals surface area contributed by atoms with Gasteiger partial charge in [-0.2, -0.15) is 0 Å². The Balaban J connectivity index is 1.80. The topological polar surface area (TPSA) is 59.1 Å². The van der Waals surface area contributed by atoms with E-state index in [-0.39, 0.29) is 0 Å². The summed E-state index contributed by atoms with van der Waals surface area (Å²) in [5, 5.41) is 6.74. The first-order valence-electron chi connectivity index (χ1n) is 6.78. The molecule has 1 aliphatic heterocycles. The summed E-state index contributed by atoms with van der Waals surface area (Å²) >= 11 is 0. The molecule has 5 heteroatoms. The predicted molar refractivity (Wildman–Crippen MR) is 71.9 cm³/mol. The Kier molecular flexibility index (Phi) is 5.20. The maximum Gasteiger partial charge on any atom is 0.218 e. The van der Waals surface area contributed by atoms with Crippen molar-refractivity contribution in [1.82, 2.24) is 15.3 Å². The summed E-state index contributed by atoms with van der Waals surface area (Å²) in [6.07, 6.45) is 5.01. The second-order valence-corrected chi connectivity index (χ2v) is 4.66. The van der Waals surface area contributed by atoms with Crippen LogP contribution in [0.3, 0.4) is 0 Å². The van der Waals surface area contributed by atoms with Gasteiger partial charge in [-0.05, 0) is 38.3 Å². The normalized spacial score (nSPS) is 16.5. The van der Waals surface area contributed by atoms with Crippen molar-refractivity contribution in [3.8, 4) is 5.88 Å². The van der Waals surface area contributed by atoms with Crippen LogP contribution < -0.4 is 15.4 Å². The van der Waals surface area contributed by atoms with Crippen molar-refractivity contribution in [2.24, 2.45) is 5.92 Å². The number of hydrogen-bond acceptors (Lipinski definition) is 5. The predicted octanol–water partition coefficient (Wildman–Crippen LogP) is 1.68. The molecule has 1 fully saturated rings. The van der Waals surface area contributed by atoms with Crippen LogP contribution in [-0.2, 0) is 0 Å². The molecule has 0 unspecified atom stereocenters. The Hall–Kier alpha value is -1.36. The average molecular weight is 250 g/mol. The van der Waals surface area contributed by atoms with Crippen LogP contribution in [0.5, 0.6) is 5.88 Å². The van der Waals surface area contributed by atoms with Gasteiger partial charge in [-0.15, -0.1) is 0 Å². The van der Waals surface area contributed by atoms with Gasteiger partial charge in [0.25, 0.3) is 0 Å². The molecule has 0 amide bonds. The number of nitrogens with zero attached hydrogens (tertiary/aromatic N) is 2. The third-order valence-electron chi connectivity index (χ3n) is 3.13. The van der Waals surface area contributed by atoms with Gasteiger partial charge in [-0.3, -0.25) is 0 Å². The molecule has 2 rings (SSSR count). The van der Waals surface area contributed by atoms with Gasteiger partial charge in [0.15, 0.2) is 0 Å². The Labute approximate surface area is 108 Å². The highest BCUT2D eigenvalue weighted by atomic mass is 16.5. The minimum absolute atomic E-state index is 0.652. The number of nitrogens with one attached hydrogen (secondary N) is 2. The molecule has 2 N–H and O–H groups in total. The van der Waals surface area contributed by atoms with Crippen molar-refractivity contribution in [2.45, 2.75) is 26.2 Å². The third-order valence-corrected chi connectivity index (χ3v) is 3.13. The molecule has 2 heterocycles. The molecule has 100 valence electrons. The molecule has 18 heavy (non-hydrogen) atoms. The molecule has 1 aromatic rings. The van der Waals surface area contributed by atoms with Crippen molar-refractivity contribution < 1.29 is 4.74 Å². The molecule has 0 aliphatic carbocycles. The van der Waals surface area contributed by atoms with E-state index in [9.17, 15) is 0 Å². The van der Waals surface area contributed by atoms with Gasteiger partial charge < -0.3 is 15.4 Å². The Morgan fingerprint density at radius 2 is 2.22 bits per heavy atom. The first-order chi connectivity index (χ1) is 8.88. The minimum atomic E-state index is 0.652. The van der Waals surface area contributed by atoms with E-state index in [1.807, 2.05) is 6.07 Å². The van der Waals surface area contributed by atoms with E-state index < -0.39 is 0 Å². The molecule has 1 saturated heterocycles. The second kappa shape index (κ2) is 7.16. The summed E-state index contributed by atoms with van der Waals surface area (Å²) in [4.78, 5) is 8.30. The van der Waals surface area contributed by atoms with Crippen molar-refractivity contribution in [1.29, 1.82) is 0 Å². The zero-order valence-electron chi connectivity index (χ0n) is 11.0. The van der Waals surface area contributed by atoms with Crippen LogP contribution in [0.25, 0.3) is 0 Å². The van der Waals surface area contributed by atoms with E-state index in [0.29, 0.717) is 12.5 Å². The second-order valence-electron chi connectivity index (χ2n) is 4.66. The molecule has 0 radical (unpaired) electrons. The van der Waals surface area contributed by atoms with Crippen LogP contribution in [0.2, 0.25) is 0 Å². The lowest BCUT2D eigenvalue weighted by molar-refractivity contribution is 0.305. The number of anilines is 1. The summed E-state index contributed by atoms with van der Waals surface area (Å²) in [5.74, 6) is 2.25. The summed E-state index contributed by atoms with van der Waals surface area (Å²) in [6, 6.07) is 1.87. The zero-order valence-corrected chi connectivity index (χ0v) is 11.0. The minimum Gasteiger partial charge on any atom is -0.478 e. The standard InChI is InChI=1S/C13H22N4O/c1-2-7-18-13-8-12(16-10-17-13)15-9-11-3-5-14-6-4-11/h8,10-11,14H,2-7,9H2,1H3,(H,15,16,17). The summed E-state index contributed by atoms with van der Waals surface area (Å²) in [5.41, 5.74) is 0. The largest absolute Gasteiger partial charge is 0.478 e. The van der Waals surface area contributed by atoms with E-state index in [0.717, 1.165) is 37.8 Å². The van der Waals surface area contributed by atoms with Crippen LogP contribution in [-0.4, -0.2) is 36.2 Å². The number of aromatic nitrogens is 2. The molecule has 1 aromatic heterocycles. The molecule has 0 bridgehead atoms. The molecule has 1 aliphatic rings. The summed E-state index contributed by atoms with van der Waals surface area (Å²) in [6.45, 7) is 6.01. The van der Waals surface area contributed by atoms with Gasteiger partial charge in [0, 0.05) is 12.6 Å². The lowest BCUT2D eigenvalue weighted by Gasteiger charge is -2.22. The highest BCUT2D eigenvalue weighted by Gasteiger charge is 2.12. The lowest BCUT2D eigenvalue weighted by atomic mass is 9.98. The van der Waals surface area contributed by atoms with Crippen LogP contribution >= 0.6 is 0 Å². The smallest absolute Gasteiger partial charge is 0.218 e. The summed E-state index contributed by atoms with van der Waals surface area (Å²) in [7, 11) is 0.